The van der Waals surface area contributed by atoms with Crippen LogP contribution in [-0.4, -0.2) is 36.4 Å². The average molecular weight is 275 g/mol. The quantitative estimate of drug-likeness (QED) is 0.864. The molecule has 2 N–H and O–H groups in total. The van der Waals surface area contributed by atoms with Crippen molar-refractivity contribution in [2.75, 3.05) is 19.8 Å². The van der Waals surface area contributed by atoms with Crippen molar-refractivity contribution < 1.29 is 27.8 Å². The SMILES string of the molecule is O=C(NCC1(O)CCOC1)c1c(F)cc(F)cc1F. The van der Waals surface area contributed by atoms with E-state index >= 15 is 0 Å². The number of benzene rings is 1. The van der Waals surface area contributed by atoms with Crippen LogP contribution in [0.25, 0.3) is 0 Å². The molecule has 1 aliphatic heterocycles. The molecule has 104 valence electrons. The number of halogens is 3. The predicted molar refractivity (Wildman–Crippen MR) is 59.0 cm³/mol. The van der Waals surface area contributed by atoms with Gasteiger partial charge in [-0.2, -0.15) is 0 Å². The highest BCUT2D eigenvalue weighted by Crippen LogP contribution is 2.18. The summed E-state index contributed by atoms with van der Waals surface area (Å²) in [6.07, 6.45) is 0.321. The van der Waals surface area contributed by atoms with Crippen molar-refractivity contribution in [1.29, 1.82) is 0 Å². The zero-order valence-corrected chi connectivity index (χ0v) is 9.88. The minimum absolute atomic E-state index is 0.0433. The standard InChI is InChI=1S/C12H12F3NO3/c13-7-3-8(14)10(9(15)4-7)11(17)16-5-12(18)1-2-19-6-12/h3-4,18H,1-2,5-6H2,(H,16,17). The molecule has 0 aliphatic carbocycles. The van der Waals surface area contributed by atoms with Crippen molar-refractivity contribution in [3.05, 3.63) is 35.1 Å². The molecule has 1 heterocycles. The maximum atomic E-state index is 13.3. The molecule has 0 radical (unpaired) electrons. The maximum Gasteiger partial charge on any atom is 0.257 e. The van der Waals surface area contributed by atoms with E-state index in [-0.39, 0.29) is 13.2 Å². The molecular formula is C12H12F3NO3. The molecule has 1 atom stereocenters. The number of carbonyl (C=O) groups excluding carboxylic acids is 1. The molecule has 2 rings (SSSR count). The molecule has 0 bridgehead atoms. The molecule has 4 nitrogen and oxygen atoms in total. The van der Waals surface area contributed by atoms with Crippen molar-refractivity contribution in [1.82, 2.24) is 5.32 Å². The van der Waals surface area contributed by atoms with Crippen LogP contribution in [0.3, 0.4) is 0 Å². The van der Waals surface area contributed by atoms with Gasteiger partial charge in [0.1, 0.15) is 28.6 Å². The fraction of sp³-hybridized carbons (Fsp3) is 0.417. The van der Waals surface area contributed by atoms with Gasteiger partial charge in [-0.25, -0.2) is 13.2 Å². The van der Waals surface area contributed by atoms with Crippen molar-refractivity contribution >= 4 is 5.91 Å². The second-order valence-electron chi connectivity index (χ2n) is 4.45. The van der Waals surface area contributed by atoms with Gasteiger partial charge in [0.25, 0.3) is 5.91 Å². The Balaban J connectivity index is 2.08. The van der Waals surface area contributed by atoms with Gasteiger partial charge in [-0.3, -0.25) is 4.79 Å². The third-order valence-electron chi connectivity index (χ3n) is 2.89. The lowest BCUT2D eigenvalue weighted by Crippen LogP contribution is -2.43. The molecule has 1 aromatic rings. The van der Waals surface area contributed by atoms with Gasteiger partial charge < -0.3 is 15.2 Å². The van der Waals surface area contributed by atoms with E-state index in [4.69, 9.17) is 4.74 Å². The van der Waals surface area contributed by atoms with E-state index in [2.05, 4.69) is 5.32 Å². The minimum atomic E-state index is -1.29. The summed E-state index contributed by atoms with van der Waals surface area (Å²) in [6.45, 7) is 0.204. The summed E-state index contributed by atoms with van der Waals surface area (Å²) < 4.78 is 44.3. The number of amides is 1. The number of hydrogen-bond acceptors (Lipinski definition) is 3. The molecule has 0 aromatic heterocycles. The number of rotatable bonds is 3. The lowest BCUT2D eigenvalue weighted by Gasteiger charge is -2.20. The van der Waals surface area contributed by atoms with Gasteiger partial charge in [0.15, 0.2) is 0 Å². The first-order chi connectivity index (χ1) is 8.91. The summed E-state index contributed by atoms with van der Waals surface area (Å²) in [5.41, 5.74) is -2.10. The summed E-state index contributed by atoms with van der Waals surface area (Å²) in [4.78, 5) is 11.6. The third-order valence-corrected chi connectivity index (χ3v) is 2.89. The number of aliphatic hydroxyl groups is 1. The Morgan fingerprint density at radius 2 is 2.00 bits per heavy atom. The van der Waals surface area contributed by atoms with Crippen LogP contribution in [0.4, 0.5) is 13.2 Å². The topological polar surface area (TPSA) is 58.6 Å². The molecule has 1 aliphatic rings. The van der Waals surface area contributed by atoms with Crippen LogP contribution < -0.4 is 5.32 Å². The van der Waals surface area contributed by atoms with E-state index in [0.29, 0.717) is 25.2 Å². The van der Waals surface area contributed by atoms with Crippen LogP contribution in [0.15, 0.2) is 12.1 Å². The van der Waals surface area contributed by atoms with E-state index in [1.54, 1.807) is 0 Å². The molecule has 1 aromatic carbocycles. The van der Waals surface area contributed by atoms with Gasteiger partial charge in [-0.05, 0) is 0 Å². The predicted octanol–water partition coefficient (Wildman–Crippen LogP) is 0.985. The Kier molecular flexibility index (Phi) is 3.77. The Bertz CT molecular complexity index is 478. The van der Waals surface area contributed by atoms with Gasteiger partial charge in [-0.1, -0.05) is 0 Å². The van der Waals surface area contributed by atoms with Gasteiger partial charge in [0, 0.05) is 31.7 Å². The zero-order chi connectivity index (χ0) is 14.0. The Hall–Kier alpha value is -1.60. The largest absolute Gasteiger partial charge is 0.386 e. The molecule has 7 heteroatoms. The molecule has 0 saturated carbocycles. The number of hydrogen-bond donors (Lipinski definition) is 2. The second-order valence-corrected chi connectivity index (χ2v) is 4.45. The molecule has 1 unspecified atom stereocenters. The van der Waals surface area contributed by atoms with E-state index in [9.17, 15) is 23.1 Å². The summed E-state index contributed by atoms with van der Waals surface area (Å²) in [6, 6.07) is 0.844. The van der Waals surface area contributed by atoms with Crippen molar-refractivity contribution in [2.24, 2.45) is 0 Å². The van der Waals surface area contributed by atoms with Crippen LogP contribution in [-0.2, 0) is 4.74 Å². The van der Waals surface area contributed by atoms with Crippen molar-refractivity contribution in [3.63, 3.8) is 0 Å². The Morgan fingerprint density at radius 1 is 1.37 bits per heavy atom. The molecule has 1 saturated heterocycles. The fourth-order valence-corrected chi connectivity index (χ4v) is 1.83. The second kappa shape index (κ2) is 5.18. The van der Waals surface area contributed by atoms with Crippen molar-refractivity contribution in [2.45, 2.75) is 12.0 Å². The highest BCUT2D eigenvalue weighted by atomic mass is 19.1. The molecular weight excluding hydrogens is 263 g/mol. The smallest absolute Gasteiger partial charge is 0.257 e. The van der Waals surface area contributed by atoms with Crippen LogP contribution >= 0.6 is 0 Å². The lowest BCUT2D eigenvalue weighted by molar-refractivity contribution is 0.0263. The molecule has 1 fully saturated rings. The first-order valence-corrected chi connectivity index (χ1v) is 5.64. The van der Waals surface area contributed by atoms with Gasteiger partial charge in [0.2, 0.25) is 0 Å². The minimum Gasteiger partial charge on any atom is -0.386 e. The summed E-state index contributed by atoms with van der Waals surface area (Å²) in [5, 5.41) is 12.1. The Labute approximate surface area is 107 Å². The van der Waals surface area contributed by atoms with Gasteiger partial charge >= 0.3 is 0 Å². The van der Waals surface area contributed by atoms with E-state index in [1.165, 1.54) is 0 Å². The third kappa shape index (κ3) is 3.05. The summed E-state index contributed by atoms with van der Waals surface area (Å²) in [5.74, 6) is -4.72. The van der Waals surface area contributed by atoms with Crippen molar-refractivity contribution in [3.8, 4) is 0 Å². The Morgan fingerprint density at radius 3 is 2.53 bits per heavy atom. The van der Waals surface area contributed by atoms with Gasteiger partial charge in [-0.15, -0.1) is 0 Å². The average Bonchev–Trinajstić information content (AvgIpc) is 2.73. The molecule has 19 heavy (non-hydrogen) atoms. The number of nitrogens with one attached hydrogen (secondary N) is 1. The number of ether oxygens (including phenoxy) is 1. The van der Waals surface area contributed by atoms with Crippen LogP contribution in [0, 0.1) is 17.5 Å². The highest BCUT2D eigenvalue weighted by Gasteiger charge is 2.33. The zero-order valence-electron chi connectivity index (χ0n) is 9.88. The monoisotopic (exact) mass is 275 g/mol. The van der Waals surface area contributed by atoms with Crippen LogP contribution in [0.1, 0.15) is 16.8 Å². The van der Waals surface area contributed by atoms with E-state index in [1.807, 2.05) is 0 Å². The van der Waals surface area contributed by atoms with E-state index < -0.39 is 34.5 Å². The molecule has 0 spiro atoms. The lowest BCUT2D eigenvalue weighted by atomic mass is 10.0. The summed E-state index contributed by atoms with van der Waals surface area (Å²) in [7, 11) is 0. The van der Waals surface area contributed by atoms with E-state index in [0.717, 1.165) is 0 Å². The van der Waals surface area contributed by atoms with Gasteiger partial charge in [0.05, 0.1) is 6.61 Å². The normalized spacial score (nSPS) is 22.5. The molecule has 1 amide bonds. The first-order valence-electron chi connectivity index (χ1n) is 5.64. The van der Waals surface area contributed by atoms with Crippen LogP contribution in [0.5, 0.6) is 0 Å². The van der Waals surface area contributed by atoms with Crippen LogP contribution in [0.2, 0.25) is 0 Å². The first kappa shape index (κ1) is 13.8. The maximum absolute atomic E-state index is 13.3. The number of carbonyl (C=O) groups is 1. The summed E-state index contributed by atoms with van der Waals surface area (Å²) >= 11 is 0. The fourth-order valence-electron chi connectivity index (χ4n) is 1.83. The highest BCUT2D eigenvalue weighted by molar-refractivity contribution is 5.94.